The number of Topliss-reactive ketones (excluding diaryl/α,β-unsaturated/α-hetero) is 2. The molecular formula is C61H94O7. The van der Waals surface area contributed by atoms with E-state index < -0.39 is 28.2 Å². The van der Waals surface area contributed by atoms with E-state index in [1.54, 1.807) is 0 Å². The Morgan fingerprint density at radius 1 is 0.500 bits per heavy atom. The molecule has 380 valence electrons. The van der Waals surface area contributed by atoms with Crippen LogP contribution < -0.4 is 0 Å². The lowest BCUT2D eigenvalue weighted by molar-refractivity contribution is -0.238. The Morgan fingerprint density at radius 2 is 0.882 bits per heavy atom. The molecule has 0 amide bonds. The molecule has 10 fully saturated rings. The topological polar surface area (TPSA) is 129 Å². The number of carboxylic acid groups (broad SMARTS) is 2. The number of carboxylic acids is 2. The lowest BCUT2D eigenvalue weighted by Gasteiger charge is -2.72. The molecule has 20 atom stereocenters. The number of carbonyl (C=O) groups excluding carboxylic acids is 2. The molecule has 10 rings (SSSR count). The van der Waals surface area contributed by atoms with Crippen molar-refractivity contribution in [2.75, 3.05) is 6.61 Å². The first-order valence-corrected chi connectivity index (χ1v) is 28.1. The molecule has 10 aliphatic rings. The first-order valence-electron chi connectivity index (χ1n) is 28.1. The van der Waals surface area contributed by atoms with Crippen LogP contribution in [-0.2, 0) is 19.2 Å². The summed E-state index contributed by atoms with van der Waals surface area (Å²) in [6.45, 7) is 34.5. The van der Waals surface area contributed by atoms with Gasteiger partial charge in [-0.2, -0.15) is 0 Å². The molecule has 68 heavy (non-hydrogen) atoms. The zero-order chi connectivity index (χ0) is 49.8. The first kappa shape index (κ1) is 50.7. The van der Waals surface area contributed by atoms with Crippen molar-refractivity contribution >= 4 is 23.5 Å². The highest BCUT2D eigenvalue weighted by Crippen LogP contribution is 2.79. The minimum atomic E-state index is -0.617. The van der Waals surface area contributed by atoms with Gasteiger partial charge < -0.3 is 15.3 Å². The van der Waals surface area contributed by atoms with Crippen LogP contribution in [0.15, 0.2) is 24.3 Å². The lowest BCUT2D eigenvalue weighted by Crippen LogP contribution is -2.67. The van der Waals surface area contributed by atoms with Gasteiger partial charge >= 0.3 is 11.9 Å². The molecule has 7 heteroatoms. The number of fused-ring (bicyclic) bond motifs is 14. The summed E-state index contributed by atoms with van der Waals surface area (Å²) in [4.78, 5) is 51.6. The summed E-state index contributed by atoms with van der Waals surface area (Å²) in [5.41, 5.74) is 1.32. The van der Waals surface area contributed by atoms with Crippen LogP contribution in [-0.4, -0.2) is 45.4 Å². The van der Waals surface area contributed by atoms with E-state index in [1.165, 1.54) is 24.0 Å². The first-order chi connectivity index (χ1) is 31.6. The summed E-state index contributed by atoms with van der Waals surface area (Å²) in [6.07, 6.45) is 20.5. The van der Waals surface area contributed by atoms with Gasteiger partial charge in [-0.1, -0.05) is 86.6 Å². The van der Waals surface area contributed by atoms with E-state index in [4.69, 9.17) is 0 Å². The van der Waals surface area contributed by atoms with E-state index in [2.05, 4.69) is 82.4 Å². The Kier molecular flexibility index (Phi) is 12.0. The third-order valence-corrected chi connectivity index (χ3v) is 27.2. The number of aliphatic carboxylic acids is 2. The number of hydrogen-bond donors (Lipinski definition) is 3. The number of rotatable bonds is 6. The van der Waals surface area contributed by atoms with Crippen molar-refractivity contribution in [2.24, 2.45) is 113 Å². The van der Waals surface area contributed by atoms with Crippen LogP contribution in [0.5, 0.6) is 0 Å². The molecule has 3 N–H and O–H groups in total. The zero-order valence-electron chi connectivity index (χ0n) is 44.7. The quantitative estimate of drug-likeness (QED) is 0.226. The van der Waals surface area contributed by atoms with E-state index in [-0.39, 0.29) is 68.0 Å². The molecule has 0 aliphatic heterocycles. The minimum absolute atomic E-state index is 0.0427. The molecule has 0 aromatic heterocycles. The average molecular weight is 939 g/mol. The lowest BCUT2D eigenvalue weighted by atomic mass is 9.32. The van der Waals surface area contributed by atoms with Crippen molar-refractivity contribution in [3.05, 3.63) is 24.3 Å². The second kappa shape index (κ2) is 16.1. The standard InChI is InChI=1S/C31H48O3.C30H46O4/c1-8-27(4)22-12-15-30(7)23(28(22,5)14-13-24(27)32)10-9-21-25-20(19(2)3)11-16-31(25,26(33)34)18-17-29(21,30)6;1-18(2)19-9-14-30(25(33)34)16-15-28(5)20(24(19)30)7-8-22-26(3)12-11-23(32)27(4,17-31)21(26)10-13-29(22,28)6/h20-23,25H,2,8-18H2,1,3-7H3,(H,33,34);19-22,24,31H,1,7-17H2,2-6H3,(H,33,34). The summed E-state index contributed by atoms with van der Waals surface area (Å²) in [7, 11) is 0. The Hall–Kier alpha value is -2.28. The predicted molar refractivity (Wildman–Crippen MR) is 269 cm³/mol. The van der Waals surface area contributed by atoms with Crippen LogP contribution in [0.4, 0.5) is 0 Å². The van der Waals surface area contributed by atoms with Gasteiger partial charge in [0.1, 0.15) is 11.6 Å². The van der Waals surface area contributed by atoms with Crippen molar-refractivity contribution < 1.29 is 34.5 Å². The Morgan fingerprint density at radius 3 is 1.24 bits per heavy atom. The fraction of sp³-hybridized carbons (Fsp3) is 0.869. The highest BCUT2D eigenvalue weighted by Gasteiger charge is 2.74. The third-order valence-electron chi connectivity index (χ3n) is 27.2. The van der Waals surface area contributed by atoms with Gasteiger partial charge in [-0.05, 0) is 228 Å². The molecule has 0 aromatic rings. The number of aliphatic hydroxyl groups excluding tert-OH is 1. The van der Waals surface area contributed by atoms with Crippen LogP contribution in [0.3, 0.4) is 0 Å². The van der Waals surface area contributed by atoms with Gasteiger partial charge in [0.2, 0.25) is 0 Å². The molecule has 0 radical (unpaired) electrons. The summed E-state index contributed by atoms with van der Waals surface area (Å²) in [5.74, 6) is 3.47. The van der Waals surface area contributed by atoms with Crippen LogP contribution in [0, 0.1) is 113 Å². The summed E-state index contributed by atoms with van der Waals surface area (Å²) >= 11 is 0. The van der Waals surface area contributed by atoms with Crippen LogP contribution in [0.25, 0.3) is 0 Å². The molecule has 20 unspecified atom stereocenters. The fourth-order valence-electron chi connectivity index (χ4n) is 22.9. The van der Waals surface area contributed by atoms with Gasteiger partial charge in [-0.15, -0.1) is 0 Å². The molecule has 7 nitrogen and oxygen atoms in total. The van der Waals surface area contributed by atoms with E-state index in [9.17, 15) is 34.5 Å². The zero-order valence-corrected chi connectivity index (χ0v) is 44.7. The number of carbonyl (C=O) groups is 4. The monoisotopic (exact) mass is 939 g/mol. The smallest absolute Gasteiger partial charge is 0.309 e. The van der Waals surface area contributed by atoms with Gasteiger partial charge in [0, 0.05) is 18.3 Å². The van der Waals surface area contributed by atoms with E-state index in [0.717, 1.165) is 116 Å². The van der Waals surface area contributed by atoms with Crippen molar-refractivity contribution in [2.45, 2.75) is 211 Å². The molecule has 0 saturated heterocycles. The van der Waals surface area contributed by atoms with Crippen LogP contribution in [0.2, 0.25) is 0 Å². The Labute approximate surface area is 411 Å². The van der Waals surface area contributed by atoms with Gasteiger partial charge in [0.15, 0.2) is 0 Å². The fourth-order valence-corrected chi connectivity index (χ4v) is 22.9. The number of hydrogen-bond acceptors (Lipinski definition) is 5. The maximum absolute atomic E-state index is 13.1. The van der Waals surface area contributed by atoms with Crippen LogP contribution in [0.1, 0.15) is 211 Å². The van der Waals surface area contributed by atoms with Crippen molar-refractivity contribution in [3.63, 3.8) is 0 Å². The maximum atomic E-state index is 13.1. The number of allylic oxidation sites excluding steroid dienone is 2. The summed E-state index contributed by atoms with van der Waals surface area (Å²) in [5, 5.41) is 31.4. The molecule has 0 bridgehead atoms. The van der Waals surface area contributed by atoms with Crippen molar-refractivity contribution in [3.8, 4) is 0 Å². The van der Waals surface area contributed by atoms with Crippen molar-refractivity contribution in [1.82, 2.24) is 0 Å². The highest BCUT2D eigenvalue weighted by molar-refractivity contribution is 5.86. The Balaban J connectivity index is 0.000000170. The second-order valence-corrected chi connectivity index (χ2v) is 28.5. The maximum Gasteiger partial charge on any atom is 0.309 e. The molecule has 0 heterocycles. The average Bonchev–Trinajstić information content (AvgIpc) is 3.89. The highest BCUT2D eigenvalue weighted by atomic mass is 16.4. The normalized spacial score (nSPS) is 54.4. The molecule has 0 spiro atoms. The predicted octanol–water partition coefficient (Wildman–Crippen LogP) is 14.0. The van der Waals surface area contributed by atoms with E-state index in [1.807, 2.05) is 6.92 Å². The molecule has 10 aliphatic carbocycles. The van der Waals surface area contributed by atoms with E-state index in [0.29, 0.717) is 53.6 Å². The number of aliphatic hydroxyl groups is 1. The van der Waals surface area contributed by atoms with Gasteiger partial charge in [-0.25, -0.2) is 0 Å². The van der Waals surface area contributed by atoms with Gasteiger partial charge in [-0.3, -0.25) is 19.2 Å². The summed E-state index contributed by atoms with van der Waals surface area (Å²) < 4.78 is 0. The van der Waals surface area contributed by atoms with Crippen molar-refractivity contribution in [1.29, 1.82) is 0 Å². The van der Waals surface area contributed by atoms with Gasteiger partial charge in [0.25, 0.3) is 0 Å². The van der Waals surface area contributed by atoms with Crippen LogP contribution >= 0.6 is 0 Å². The molecule has 10 saturated carbocycles. The molecule has 0 aromatic carbocycles. The van der Waals surface area contributed by atoms with Gasteiger partial charge in [0.05, 0.1) is 22.9 Å². The molecular weight excluding hydrogens is 845 g/mol. The Bertz CT molecular complexity index is 1990. The minimum Gasteiger partial charge on any atom is -0.481 e. The largest absolute Gasteiger partial charge is 0.481 e. The SMILES string of the molecule is C=C(C)C1CCC2(C(=O)O)CCC3(C)C(CCC4C5(C)CCC(=O)C(C)(CC)C5CCC43C)C12.C=C(C)C1CCC2(C(=O)O)CCC3(C)C(CCC4C5(C)CCC(=O)C(C)(CO)C5CCC43C)C12. The second-order valence-electron chi connectivity index (χ2n) is 28.5. The number of ketones is 2. The van der Waals surface area contributed by atoms with E-state index >= 15 is 0 Å². The third kappa shape index (κ3) is 6.16. The summed E-state index contributed by atoms with van der Waals surface area (Å²) in [6, 6.07) is 0.